The summed E-state index contributed by atoms with van der Waals surface area (Å²) in [6, 6.07) is -0.576. The summed E-state index contributed by atoms with van der Waals surface area (Å²) in [5.74, 6) is -0.398. The average molecular weight is 296 g/mol. The molecule has 2 amide bonds. The summed E-state index contributed by atoms with van der Waals surface area (Å²) in [7, 11) is 0. The molecule has 1 aliphatic rings. The number of hydrogen-bond acceptors (Lipinski definition) is 6. The number of morpholine rings is 1. The van der Waals surface area contributed by atoms with Crippen molar-refractivity contribution in [3.8, 4) is 0 Å². The first-order chi connectivity index (χ1) is 10.1. The van der Waals surface area contributed by atoms with Gasteiger partial charge in [-0.15, -0.1) is 5.10 Å². The summed E-state index contributed by atoms with van der Waals surface area (Å²) >= 11 is 0. The number of amides is 2. The van der Waals surface area contributed by atoms with Crippen molar-refractivity contribution >= 4 is 11.8 Å². The minimum atomic E-state index is -0.576. The van der Waals surface area contributed by atoms with Crippen LogP contribution >= 0.6 is 0 Å². The van der Waals surface area contributed by atoms with E-state index in [0.29, 0.717) is 32.0 Å². The van der Waals surface area contributed by atoms with Crippen LogP contribution in [0.5, 0.6) is 0 Å². The number of nitrogens with one attached hydrogen (secondary N) is 1. The summed E-state index contributed by atoms with van der Waals surface area (Å²) in [6.07, 6.45) is 1.61. The van der Waals surface area contributed by atoms with Gasteiger partial charge < -0.3 is 20.7 Å². The third kappa shape index (κ3) is 4.23. The fourth-order valence-electron chi connectivity index (χ4n) is 2.06. The average Bonchev–Trinajstić information content (AvgIpc) is 2.94. The van der Waals surface area contributed by atoms with Crippen molar-refractivity contribution in [1.82, 2.24) is 25.2 Å². The Bertz CT molecular complexity index is 497. The van der Waals surface area contributed by atoms with E-state index in [1.165, 1.54) is 4.68 Å². The first kappa shape index (κ1) is 15.4. The molecule has 1 aromatic heterocycles. The van der Waals surface area contributed by atoms with E-state index in [2.05, 4.69) is 15.6 Å². The Balaban J connectivity index is 1.82. The van der Waals surface area contributed by atoms with Crippen molar-refractivity contribution in [2.45, 2.75) is 26.1 Å². The predicted molar refractivity (Wildman–Crippen MR) is 72.9 cm³/mol. The van der Waals surface area contributed by atoms with Crippen LogP contribution in [0.3, 0.4) is 0 Å². The molecule has 3 N–H and O–H groups in total. The number of carbonyl (C=O) groups excluding carboxylic acids is 2. The minimum absolute atomic E-state index is 0.00767. The molecule has 9 heteroatoms. The fourth-order valence-corrected chi connectivity index (χ4v) is 2.06. The van der Waals surface area contributed by atoms with Gasteiger partial charge in [0.05, 0.1) is 25.1 Å². The standard InChI is InChI=1S/C12H20N6O3/c1-9(12(20)17-2-4-21-5-3-17)14-11(19)8-18-7-10(6-13)15-16-18/h7,9H,2-6,8,13H2,1H3,(H,14,19). The van der Waals surface area contributed by atoms with Gasteiger partial charge in [0.1, 0.15) is 12.6 Å². The summed E-state index contributed by atoms with van der Waals surface area (Å²) in [5.41, 5.74) is 6.03. The van der Waals surface area contributed by atoms with Crippen molar-refractivity contribution in [2.24, 2.45) is 5.73 Å². The molecule has 0 radical (unpaired) electrons. The molecule has 1 saturated heterocycles. The zero-order valence-corrected chi connectivity index (χ0v) is 12.0. The Kier molecular flexibility index (Phi) is 5.23. The monoisotopic (exact) mass is 296 g/mol. The van der Waals surface area contributed by atoms with Crippen molar-refractivity contribution < 1.29 is 14.3 Å². The van der Waals surface area contributed by atoms with Crippen molar-refractivity contribution in [3.05, 3.63) is 11.9 Å². The van der Waals surface area contributed by atoms with E-state index in [1.54, 1.807) is 18.0 Å². The summed E-state index contributed by atoms with van der Waals surface area (Å²) < 4.78 is 6.58. The molecule has 9 nitrogen and oxygen atoms in total. The van der Waals surface area contributed by atoms with Gasteiger partial charge in [-0.1, -0.05) is 5.21 Å². The maximum atomic E-state index is 12.1. The van der Waals surface area contributed by atoms with Crippen molar-refractivity contribution in [1.29, 1.82) is 0 Å². The van der Waals surface area contributed by atoms with Crippen LogP contribution in [0.25, 0.3) is 0 Å². The third-order valence-corrected chi connectivity index (χ3v) is 3.17. The molecule has 1 aliphatic heterocycles. The summed E-state index contributed by atoms with van der Waals surface area (Å²) in [6.45, 7) is 4.13. The quantitative estimate of drug-likeness (QED) is 0.656. The lowest BCUT2D eigenvalue weighted by Crippen LogP contribution is -2.51. The molecule has 0 bridgehead atoms. The Morgan fingerprint density at radius 3 is 2.81 bits per heavy atom. The number of hydrogen-bond donors (Lipinski definition) is 2. The third-order valence-electron chi connectivity index (χ3n) is 3.17. The molecule has 0 saturated carbocycles. The Hall–Kier alpha value is -2.00. The molecule has 0 spiro atoms. The van der Waals surface area contributed by atoms with Crippen LogP contribution in [-0.4, -0.2) is 64.1 Å². The van der Waals surface area contributed by atoms with Crippen LogP contribution in [0, 0.1) is 0 Å². The Labute approximate surface area is 122 Å². The number of nitrogens with two attached hydrogens (primary N) is 1. The Morgan fingerprint density at radius 1 is 1.48 bits per heavy atom. The van der Waals surface area contributed by atoms with Gasteiger partial charge in [0.2, 0.25) is 11.8 Å². The second kappa shape index (κ2) is 7.14. The first-order valence-electron chi connectivity index (χ1n) is 6.85. The zero-order valence-electron chi connectivity index (χ0n) is 12.0. The van der Waals surface area contributed by atoms with Crippen LogP contribution in [0.4, 0.5) is 0 Å². The lowest BCUT2D eigenvalue weighted by Gasteiger charge is -2.29. The highest BCUT2D eigenvalue weighted by Crippen LogP contribution is 2.01. The highest BCUT2D eigenvalue weighted by molar-refractivity contribution is 5.87. The molecule has 0 aliphatic carbocycles. The number of carbonyl (C=O) groups is 2. The van der Waals surface area contributed by atoms with Gasteiger partial charge >= 0.3 is 0 Å². The van der Waals surface area contributed by atoms with E-state index < -0.39 is 6.04 Å². The van der Waals surface area contributed by atoms with E-state index in [9.17, 15) is 9.59 Å². The largest absolute Gasteiger partial charge is 0.378 e. The molecule has 21 heavy (non-hydrogen) atoms. The topological polar surface area (TPSA) is 115 Å². The Morgan fingerprint density at radius 2 is 2.19 bits per heavy atom. The number of ether oxygens (including phenoxy) is 1. The normalized spacial score (nSPS) is 16.6. The van der Waals surface area contributed by atoms with Crippen LogP contribution in [0.2, 0.25) is 0 Å². The van der Waals surface area contributed by atoms with Gasteiger partial charge in [0.15, 0.2) is 0 Å². The minimum Gasteiger partial charge on any atom is -0.378 e. The lowest BCUT2D eigenvalue weighted by molar-refractivity contribution is -0.139. The summed E-state index contributed by atoms with van der Waals surface area (Å²) in [4.78, 5) is 25.7. The molecule has 1 aromatic rings. The highest BCUT2D eigenvalue weighted by Gasteiger charge is 2.23. The summed E-state index contributed by atoms with van der Waals surface area (Å²) in [5, 5.41) is 10.2. The number of rotatable bonds is 5. The van der Waals surface area contributed by atoms with E-state index in [1.807, 2.05) is 0 Å². The van der Waals surface area contributed by atoms with E-state index in [4.69, 9.17) is 10.5 Å². The molecular weight excluding hydrogens is 276 g/mol. The lowest BCUT2D eigenvalue weighted by atomic mass is 10.2. The molecule has 1 fully saturated rings. The molecular formula is C12H20N6O3. The molecule has 2 rings (SSSR count). The number of aromatic nitrogens is 3. The maximum absolute atomic E-state index is 12.1. The second-order valence-corrected chi connectivity index (χ2v) is 4.84. The van der Waals surface area contributed by atoms with E-state index in [-0.39, 0.29) is 24.9 Å². The van der Waals surface area contributed by atoms with Gasteiger partial charge in [-0.2, -0.15) is 0 Å². The van der Waals surface area contributed by atoms with Crippen molar-refractivity contribution in [3.63, 3.8) is 0 Å². The highest BCUT2D eigenvalue weighted by atomic mass is 16.5. The fraction of sp³-hybridized carbons (Fsp3) is 0.667. The number of nitrogens with zero attached hydrogens (tertiary/aromatic N) is 4. The van der Waals surface area contributed by atoms with Crippen LogP contribution in [0.15, 0.2) is 6.20 Å². The SMILES string of the molecule is CC(NC(=O)Cn1cc(CN)nn1)C(=O)N1CCOCC1. The van der Waals surface area contributed by atoms with Crippen LogP contribution in [0.1, 0.15) is 12.6 Å². The first-order valence-corrected chi connectivity index (χ1v) is 6.85. The predicted octanol–water partition coefficient (Wildman–Crippen LogP) is -1.90. The molecule has 116 valence electrons. The second-order valence-electron chi connectivity index (χ2n) is 4.84. The van der Waals surface area contributed by atoms with Crippen LogP contribution in [-0.2, 0) is 27.4 Å². The van der Waals surface area contributed by atoms with Gasteiger partial charge in [-0.05, 0) is 6.92 Å². The zero-order chi connectivity index (χ0) is 15.2. The van der Waals surface area contributed by atoms with E-state index in [0.717, 1.165) is 0 Å². The van der Waals surface area contributed by atoms with Gasteiger partial charge in [0.25, 0.3) is 0 Å². The van der Waals surface area contributed by atoms with Gasteiger partial charge in [-0.3, -0.25) is 9.59 Å². The van der Waals surface area contributed by atoms with E-state index >= 15 is 0 Å². The molecule has 1 atom stereocenters. The van der Waals surface area contributed by atoms with Crippen molar-refractivity contribution in [2.75, 3.05) is 26.3 Å². The van der Waals surface area contributed by atoms with Gasteiger partial charge in [-0.25, -0.2) is 4.68 Å². The molecule has 2 heterocycles. The molecule has 0 aromatic carbocycles. The maximum Gasteiger partial charge on any atom is 0.245 e. The molecule has 1 unspecified atom stereocenters. The van der Waals surface area contributed by atoms with Gasteiger partial charge in [0, 0.05) is 19.6 Å². The van der Waals surface area contributed by atoms with Crippen LogP contribution < -0.4 is 11.1 Å². The smallest absolute Gasteiger partial charge is 0.245 e.